The zero-order chi connectivity index (χ0) is 13.6. The minimum absolute atomic E-state index is 0.135. The summed E-state index contributed by atoms with van der Waals surface area (Å²) in [6.45, 7) is 1.56. The van der Waals surface area contributed by atoms with E-state index in [9.17, 15) is 8.42 Å². The van der Waals surface area contributed by atoms with Crippen LogP contribution in [0.25, 0.3) is 0 Å². The molecule has 0 aliphatic rings. The molecule has 0 heterocycles. The highest BCUT2D eigenvalue weighted by atomic mass is 32.2. The molecule has 1 rings (SSSR count). The second kappa shape index (κ2) is 6.50. The van der Waals surface area contributed by atoms with E-state index < -0.39 is 16.1 Å². The van der Waals surface area contributed by atoms with E-state index in [1.54, 1.807) is 19.1 Å². The van der Waals surface area contributed by atoms with Gasteiger partial charge in [-0.05, 0) is 24.1 Å². The Balaban J connectivity index is 2.88. The van der Waals surface area contributed by atoms with Crippen LogP contribution in [0.15, 0.2) is 29.2 Å². The predicted octanol–water partition coefficient (Wildman–Crippen LogP) is 0.802. The summed E-state index contributed by atoms with van der Waals surface area (Å²) in [6.07, 6.45) is 0.768. The highest BCUT2D eigenvalue weighted by Crippen LogP contribution is 2.11. The number of sulfonamides is 1. The summed E-state index contributed by atoms with van der Waals surface area (Å²) in [5.41, 5.74) is 0.769. The van der Waals surface area contributed by atoms with Crippen molar-refractivity contribution in [3.05, 3.63) is 29.8 Å². The van der Waals surface area contributed by atoms with Crippen molar-refractivity contribution in [3.8, 4) is 6.07 Å². The topological polar surface area (TPSA) is 90.2 Å². The zero-order valence-electron chi connectivity index (χ0n) is 10.1. The zero-order valence-corrected chi connectivity index (χ0v) is 10.9. The molecule has 1 aromatic rings. The smallest absolute Gasteiger partial charge is 0.240 e. The number of aliphatic hydroxyl groups excluding tert-OH is 1. The molecular weight excluding hydrogens is 252 g/mol. The monoisotopic (exact) mass is 268 g/mol. The molecule has 0 aromatic heterocycles. The van der Waals surface area contributed by atoms with Crippen molar-refractivity contribution in [2.75, 3.05) is 6.61 Å². The van der Waals surface area contributed by atoms with Gasteiger partial charge in [0.05, 0.1) is 24.0 Å². The van der Waals surface area contributed by atoms with Gasteiger partial charge in [0.25, 0.3) is 0 Å². The van der Waals surface area contributed by atoms with Crippen LogP contribution < -0.4 is 4.72 Å². The van der Waals surface area contributed by atoms with Crippen molar-refractivity contribution >= 4 is 10.0 Å². The molecule has 6 heteroatoms. The van der Waals surface area contributed by atoms with Crippen molar-refractivity contribution in [2.24, 2.45) is 0 Å². The maximum atomic E-state index is 11.9. The molecule has 0 spiro atoms. The molecule has 0 saturated heterocycles. The first kappa shape index (κ1) is 14.6. The van der Waals surface area contributed by atoms with E-state index in [1.807, 2.05) is 6.07 Å². The van der Waals surface area contributed by atoms with Crippen LogP contribution in [-0.2, 0) is 16.4 Å². The number of benzene rings is 1. The molecular formula is C12H16N2O3S. The van der Waals surface area contributed by atoms with E-state index in [0.29, 0.717) is 6.42 Å². The van der Waals surface area contributed by atoms with E-state index in [2.05, 4.69) is 4.72 Å². The fourth-order valence-corrected chi connectivity index (χ4v) is 2.73. The molecule has 2 N–H and O–H groups in total. The lowest BCUT2D eigenvalue weighted by Gasteiger charge is -2.14. The van der Waals surface area contributed by atoms with Crippen molar-refractivity contribution < 1.29 is 13.5 Å². The molecule has 0 fully saturated rings. The first-order valence-corrected chi connectivity index (χ1v) is 7.11. The van der Waals surface area contributed by atoms with Gasteiger partial charge in [-0.1, -0.05) is 19.1 Å². The molecule has 0 aliphatic heterocycles. The maximum Gasteiger partial charge on any atom is 0.240 e. The van der Waals surface area contributed by atoms with Gasteiger partial charge >= 0.3 is 0 Å². The van der Waals surface area contributed by atoms with Crippen LogP contribution in [0.1, 0.15) is 18.9 Å². The average Bonchev–Trinajstić information content (AvgIpc) is 2.37. The van der Waals surface area contributed by atoms with Crippen LogP contribution in [0.5, 0.6) is 0 Å². The van der Waals surface area contributed by atoms with Crippen LogP contribution in [0, 0.1) is 11.3 Å². The number of nitrogens with one attached hydrogen (secondary N) is 1. The summed E-state index contributed by atoms with van der Waals surface area (Å²) < 4.78 is 26.3. The molecule has 0 radical (unpaired) electrons. The largest absolute Gasteiger partial charge is 0.395 e. The van der Waals surface area contributed by atoms with Gasteiger partial charge in [0.1, 0.15) is 0 Å². The van der Waals surface area contributed by atoms with Crippen molar-refractivity contribution in [2.45, 2.75) is 30.7 Å². The molecule has 0 unspecified atom stereocenters. The molecule has 0 aliphatic carbocycles. The van der Waals surface area contributed by atoms with Crippen molar-refractivity contribution in [3.63, 3.8) is 0 Å². The molecule has 0 bridgehead atoms. The van der Waals surface area contributed by atoms with Crippen LogP contribution in [0.3, 0.4) is 0 Å². The van der Waals surface area contributed by atoms with Gasteiger partial charge in [-0.2, -0.15) is 5.26 Å². The highest BCUT2D eigenvalue weighted by Gasteiger charge is 2.18. The third-order valence-electron chi connectivity index (χ3n) is 2.55. The Morgan fingerprint density at radius 1 is 1.39 bits per heavy atom. The SMILES string of the molecule is CC[C@@H](CO)NS(=O)(=O)c1ccc(CC#N)cc1. The summed E-state index contributed by atoms with van der Waals surface area (Å²) >= 11 is 0. The van der Waals surface area contributed by atoms with Gasteiger partial charge in [0.2, 0.25) is 10.0 Å². The number of hydrogen-bond acceptors (Lipinski definition) is 4. The van der Waals surface area contributed by atoms with Gasteiger partial charge in [-0.25, -0.2) is 13.1 Å². The lowest BCUT2D eigenvalue weighted by molar-refractivity contribution is 0.254. The Morgan fingerprint density at radius 2 is 2.00 bits per heavy atom. The van der Waals surface area contributed by atoms with Gasteiger partial charge < -0.3 is 5.11 Å². The third-order valence-corrected chi connectivity index (χ3v) is 4.09. The quantitative estimate of drug-likeness (QED) is 0.798. The highest BCUT2D eigenvalue weighted by molar-refractivity contribution is 7.89. The Hall–Kier alpha value is -1.42. The van der Waals surface area contributed by atoms with Crippen molar-refractivity contribution in [1.29, 1.82) is 5.26 Å². The molecule has 1 atom stereocenters. The first-order valence-electron chi connectivity index (χ1n) is 5.62. The second-order valence-corrected chi connectivity index (χ2v) is 5.60. The molecule has 1 aromatic carbocycles. The van der Waals surface area contributed by atoms with Crippen LogP contribution in [0.4, 0.5) is 0 Å². The maximum absolute atomic E-state index is 11.9. The Labute approximate surface area is 107 Å². The number of aliphatic hydroxyl groups is 1. The molecule has 98 valence electrons. The van der Waals surface area contributed by atoms with E-state index in [0.717, 1.165) is 5.56 Å². The second-order valence-electron chi connectivity index (χ2n) is 3.89. The predicted molar refractivity (Wildman–Crippen MR) is 67.2 cm³/mol. The number of hydrogen-bond donors (Lipinski definition) is 2. The lowest BCUT2D eigenvalue weighted by atomic mass is 10.2. The van der Waals surface area contributed by atoms with Gasteiger partial charge in [0.15, 0.2) is 0 Å². The van der Waals surface area contributed by atoms with Gasteiger partial charge in [-0.3, -0.25) is 0 Å². The lowest BCUT2D eigenvalue weighted by Crippen LogP contribution is -2.36. The normalized spacial score (nSPS) is 12.9. The van der Waals surface area contributed by atoms with Gasteiger partial charge in [0, 0.05) is 6.04 Å². The third kappa shape index (κ3) is 3.81. The molecule has 0 amide bonds. The molecule has 18 heavy (non-hydrogen) atoms. The first-order chi connectivity index (χ1) is 8.53. The summed E-state index contributed by atoms with van der Waals surface area (Å²) in [4.78, 5) is 0.135. The summed E-state index contributed by atoms with van der Waals surface area (Å²) in [7, 11) is -3.61. The van der Waals surface area contributed by atoms with E-state index >= 15 is 0 Å². The van der Waals surface area contributed by atoms with Gasteiger partial charge in [-0.15, -0.1) is 0 Å². The standard InChI is InChI=1S/C12H16N2O3S/c1-2-11(9-15)14-18(16,17)12-5-3-10(4-6-12)7-8-13/h3-6,11,14-15H,2,7,9H2,1H3/t11-/m0/s1. The van der Waals surface area contributed by atoms with Crippen LogP contribution in [-0.4, -0.2) is 26.2 Å². The molecule has 5 nitrogen and oxygen atoms in total. The van der Waals surface area contributed by atoms with Crippen LogP contribution in [0.2, 0.25) is 0 Å². The number of nitrogens with zero attached hydrogens (tertiary/aromatic N) is 1. The Bertz CT molecular complexity index is 513. The summed E-state index contributed by atoms with van der Waals surface area (Å²) in [5.74, 6) is 0. The van der Waals surface area contributed by atoms with E-state index in [1.165, 1.54) is 12.1 Å². The minimum atomic E-state index is -3.61. The summed E-state index contributed by atoms with van der Waals surface area (Å²) in [6, 6.07) is 7.65. The Kier molecular flexibility index (Phi) is 5.28. The number of nitriles is 1. The Morgan fingerprint density at radius 3 is 2.44 bits per heavy atom. The minimum Gasteiger partial charge on any atom is -0.395 e. The van der Waals surface area contributed by atoms with Crippen molar-refractivity contribution in [1.82, 2.24) is 4.72 Å². The fourth-order valence-electron chi connectivity index (χ4n) is 1.41. The fraction of sp³-hybridized carbons (Fsp3) is 0.417. The average molecular weight is 268 g/mol. The molecule has 0 saturated carbocycles. The summed E-state index contributed by atoms with van der Waals surface area (Å²) in [5, 5.41) is 17.5. The van der Waals surface area contributed by atoms with E-state index in [4.69, 9.17) is 10.4 Å². The van der Waals surface area contributed by atoms with Crippen LogP contribution >= 0.6 is 0 Å². The van der Waals surface area contributed by atoms with E-state index in [-0.39, 0.29) is 17.9 Å². The number of rotatable bonds is 6.